The zero-order chi connectivity index (χ0) is 11.5. The molecular formula is C14H17NO. The molecule has 2 N–H and O–H groups in total. The Bertz CT molecular complexity index is 498. The van der Waals surface area contributed by atoms with Gasteiger partial charge in [-0.3, -0.25) is 0 Å². The monoisotopic (exact) mass is 215 g/mol. The van der Waals surface area contributed by atoms with Crippen molar-refractivity contribution in [3.63, 3.8) is 0 Å². The van der Waals surface area contributed by atoms with Gasteiger partial charge in [-0.1, -0.05) is 23.8 Å². The fraction of sp³-hybridized carbons (Fsp3) is 0.286. The van der Waals surface area contributed by atoms with Gasteiger partial charge < -0.3 is 10.2 Å². The molecule has 1 heterocycles. The Morgan fingerprint density at radius 1 is 1.44 bits per heavy atom. The molecule has 2 rings (SSSR count). The lowest BCUT2D eigenvalue weighted by Gasteiger charge is -2.09. The molecule has 0 aliphatic heterocycles. The second-order valence-corrected chi connectivity index (χ2v) is 4.29. The third-order valence-electron chi connectivity index (χ3n) is 2.79. The molecule has 0 aliphatic carbocycles. The van der Waals surface area contributed by atoms with Gasteiger partial charge in [-0.05, 0) is 25.8 Å². The second-order valence-electron chi connectivity index (χ2n) is 4.29. The Kier molecular flexibility index (Phi) is 3.11. The predicted molar refractivity (Wildman–Crippen MR) is 67.2 cm³/mol. The van der Waals surface area contributed by atoms with Gasteiger partial charge in [0, 0.05) is 17.0 Å². The van der Waals surface area contributed by atoms with Crippen LogP contribution < -0.4 is 5.73 Å². The summed E-state index contributed by atoms with van der Waals surface area (Å²) >= 11 is 0. The molecule has 2 aromatic rings. The molecule has 0 bridgehead atoms. The lowest BCUT2D eigenvalue weighted by Crippen LogP contribution is -2.09. The van der Waals surface area contributed by atoms with Crippen LogP contribution in [0.1, 0.15) is 31.4 Å². The number of hydrogen-bond donors (Lipinski definition) is 1. The minimum atomic E-state index is 0.0281. The van der Waals surface area contributed by atoms with Gasteiger partial charge in [0.2, 0.25) is 0 Å². The molecule has 0 saturated heterocycles. The summed E-state index contributed by atoms with van der Waals surface area (Å²) in [6, 6.07) is 8.02. The molecule has 1 aromatic heterocycles. The Morgan fingerprint density at radius 2 is 2.19 bits per heavy atom. The predicted octanol–water partition coefficient (Wildman–Crippen LogP) is 3.79. The van der Waals surface area contributed by atoms with E-state index in [2.05, 4.69) is 12.6 Å². The van der Waals surface area contributed by atoms with Crippen molar-refractivity contribution in [3.05, 3.63) is 48.2 Å². The van der Waals surface area contributed by atoms with Crippen molar-refractivity contribution in [1.29, 1.82) is 0 Å². The van der Waals surface area contributed by atoms with E-state index in [-0.39, 0.29) is 6.04 Å². The van der Waals surface area contributed by atoms with Crippen LogP contribution >= 0.6 is 0 Å². The maximum absolute atomic E-state index is 6.15. The summed E-state index contributed by atoms with van der Waals surface area (Å²) in [7, 11) is 0. The number of para-hydroxylation sites is 1. The largest absolute Gasteiger partial charge is 0.464 e. The molecule has 16 heavy (non-hydrogen) atoms. The zero-order valence-corrected chi connectivity index (χ0v) is 9.57. The maximum Gasteiger partial charge on any atom is 0.134 e. The minimum absolute atomic E-state index is 0.0281. The summed E-state index contributed by atoms with van der Waals surface area (Å²) in [5.41, 5.74) is 9.32. The van der Waals surface area contributed by atoms with Crippen LogP contribution in [0.5, 0.6) is 0 Å². The summed E-state index contributed by atoms with van der Waals surface area (Å²) < 4.78 is 5.47. The molecule has 0 radical (unpaired) electrons. The standard InChI is InChI=1S/C14H17NO/c1-10(2)7-8-13(15)12-9-16-14-6-4-3-5-11(12)14/h3-6,9,13H,1,7-8,15H2,2H3. The first-order valence-electron chi connectivity index (χ1n) is 5.54. The highest BCUT2D eigenvalue weighted by Gasteiger charge is 2.12. The fourth-order valence-electron chi connectivity index (χ4n) is 1.84. The van der Waals surface area contributed by atoms with Crippen LogP contribution in [0, 0.1) is 0 Å². The molecule has 2 nitrogen and oxygen atoms in total. The topological polar surface area (TPSA) is 39.2 Å². The van der Waals surface area contributed by atoms with Gasteiger partial charge >= 0.3 is 0 Å². The maximum atomic E-state index is 6.15. The molecule has 84 valence electrons. The summed E-state index contributed by atoms with van der Waals surface area (Å²) in [6.07, 6.45) is 3.65. The van der Waals surface area contributed by atoms with E-state index in [1.165, 1.54) is 5.57 Å². The highest BCUT2D eigenvalue weighted by Crippen LogP contribution is 2.27. The smallest absolute Gasteiger partial charge is 0.134 e. The molecule has 2 heteroatoms. The van der Waals surface area contributed by atoms with E-state index in [0.29, 0.717) is 0 Å². The van der Waals surface area contributed by atoms with E-state index in [1.807, 2.05) is 25.1 Å². The van der Waals surface area contributed by atoms with Crippen molar-refractivity contribution in [2.45, 2.75) is 25.8 Å². The molecule has 1 unspecified atom stereocenters. The lowest BCUT2D eigenvalue weighted by molar-refractivity contribution is 0.588. The van der Waals surface area contributed by atoms with Gasteiger partial charge in [-0.15, -0.1) is 6.58 Å². The molecule has 0 saturated carbocycles. The van der Waals surface area contributed by atoms with Gasteiger partial charge in [0.15, 0.2) is 0 Å². The minimum Gasteiger partial charge on any atom is -0.464 e. The summed E-state index contributed by atoms with van der Waals surface area (Å²) in [5.74, 6) is 0. The Balaban J connectivity index is 2.22. The molecule has 0 spiro atoms. The second kappa shape index (κ2) is 4.54. The molecule has 0 aliphatic rings. The van der Waals surface area contributed by atoms with Crippen molar-refractivity contribution in [3.8, 4) is 0 Å². The van der Waals surface area contributed by atoms with Crippen LogP contribution in [-0.2, 0) is 0 Å². The first kappa shape index (κ1) is 11.0. The summed E-state index contributed by atoms with van der Waals surface area (Å²) in [4.78, 5) is 0. The van der Waals surface area contributed by atoms with E-state index < -0.39 is 0 Å². The van der Waals surface area contributed by atoms with Crippen LogP contribution in [0.4, 0.5) is 0 Å². The first-order chi connectivity index (χ1) is 7.68. The normalized spacial score (nSPS) is 12.9. The number of furan rings is 1. The number of fused-ring (bicyclic) bond motifs is 1. The van der Waals surface area contributed by atoms with Gasteiger partial charge in [-0.2, -0.15) is 0 Å². The highest BCUT2D eigenvalue weighted by atomic mass is 16.3. The number of allylic oxidation sites excluding steroid dienone is 1. The van der Waals surface area contributed by atoms with Crippen molar-refractivity contribution < 1.29 is 4.42 Å². The van der Waals surface area contributed by atoms with Crippen molar-refractivity contribution in [2.24, 2.45) is 5.73 Å². The van der Waals surface area contributed by atoms with Crippen molar-refractivity contribution in [1.82, 2.24) is 0 Å². The van der Waals surface area contributed by atoms with E-state index >= 15 is 0 Å². The number of hydrogen-bond acceptors (Lipinski definition) is 2. The Hall–Kier alpha value is -1.54. The van der Waals surface area contributed by atoms with Crippen molar-refractivity contribution >= 4 is 11.0 Å². The Morgan fingerprint density at radius 3 is 2.94 bits per heavy atom. The van der Waals surface area contributed by atoms with Gasteiger partial charge in [0.25, 0.3) is 0 Å². The lowest BCUT2D eigenvalue weighted by atomic mass is 10.0. The quantitative estimate of drug-likeness (QED) is 0.788. The SMILES string of the molecule is C=C(C)CCC(N)c1coc2ccccc12. The van der Waals surface area contributed by atoms with E-state index in [9.17, 15) is 0 Å². The highest BCUT2D eigenvalue weighted by molar-refractivity contribution is 5.81. The number of nitrogens with two attached hydrogens (primary N) is 1. The van der Waals surface area contributed by atoms with Crippen molar-refractivity contribution in [2.75, 3.05) is 0 Å². The zero-order valence-electron chi connectivity index (χ0n) is 9.57. The van der Waals surface area contributed by atoms with Crippen LogP contribution in [0.15, 0.2) is 47.1 Å². The Labute approximate surface area is 95.7 Å². The molecule has 1 atom stereocenters. The third kappa shape index (κ3) is 2.17. The number of benzene rings is 1. The fourth-order valence-corrected chi connectivity index (χ4v) is 1.84. The summed E-state index contributed by atoms with van der Waals surface area (Å²) in [6.45, 7) is 5.92. The average Bonchev–Trinajstić information content (AvgIpc) is 2.69. The first-order valence-corrected chi connectivity index (χ1v) is 5.54. The molecule has 0 amide bonds. The number of rotatable bonds is 4. The third-order valence-corrected chi connectivity index (χ3v) is 2.79. The van der Waals surface area contributed by atoms with E-state index in [0.717, 1.165) is 29.4 Å². The molecular weight excluding hydrogens is 198 g/mol. The average molecular weight is 215 g/mol. The van der Waals surface area contributed by atoms with Crippen LogP contribution in [0.3, 0.4) is 0 Å². The van der Waals surface area contributed by atoms with E-state index in [1.54, 1.807) is 6.26 Å². The molecule has 1 aromatic carbocycles. The van der Waals surface area contributed by atoms with E-state index in [4.69, 9.17) is 10.2 Å². The van der Waals surface area contributed by atoms with Crippen LogP contribution in [0.2, 0.25) is 0 Å². The van der Waals surface area contributed by atoms with Gasteiger partial charge in [0.05, 0.1) is 6.26 Å². The van der Waals surface area contributed by atoms with Crippen LogP contribution in [-0.4, -0.2) is 0 Å². The van der Waals surface area contributed by atoms with Gasteiger partial charge in [0.1, 0.15) is 5.58 Å². The van der Waals surface area contributed by atoms with Gasteiger partial charge in [-0.25, -0.2) is 0 Å². The summed E-state index contributed by atoms with van der Waals surface area (Å²) in [5, 5.41) is 1.12. The molecule has 0 fully saturated rings. The van der Waals surface area contributed by atoms with Crippen LogP contribution in [0.25, 0.3) is 11.0 Å².